The van der Waals surface area contributed by atoms with Crippen molar-refractivity contribution in [1.29, 1.82) is 0 Å². The van der Waals surface area contributed by atoms with E-state index in [1.165, 1.54) is 51.4 Å². The van der Waals surface area contributed by atoms with Gasteiger partial charge in [-0.3, -0.25) is 15.5 Å². The number of aliphatic hydroxyl groups excluding tert-OH is 2. The van der Waals surface area contributed by atoms with Crippen molar-refractivity contribution < 1.29 is 10.2 Å². The number of hydrogen-bond acceptors (Lipinski definition) is 5. The Kier molecular flexibility index (Phi) is 5.17. The molecule has 0 aromatic rings. The van der Waals surface area contributed by atoms with E-state index in [0.717, 1.165) is 12.8 Å². The van der Waals surface area contributed by atoms with Crippen LogP contribution in [-0.2, 0) is 0 Å². The fourth-order valence-corrected chi connectivity index (χ4v) is 5.88. The zero-order valence-electron chi connectivity index (χ0n) is 15.0. The fraction of sp³-hybridized carbons (Fsp3) is 1.00. The Morgan fingerprint density at radius 3 is 1.58 bits per heavy atom. The third-order valence-electron chi connectivity index (χ3n) is 7.37. The lowest BCUT2D eigenvalue weighted by Gasteiger charge is -2.50. The van der Waals surface area contributed by atoms with E-state index in [-0.39, 0.29) is 24.3 Å². The molecule has 0 aromatic carbocycles. The molecule has 8 atom stereocenters. The third-order valence-corrected chi connectivity index (χ3v) is 7.37. The summed E-state index contributed by atoms with van der Waals surface area (Å²) >= 11 is 0. The Bertz CT molecular complexity index is 397. The lowest BCUT2D eigenvalue weighted by atomic mass is 9.76. The second-order valence-corrected chi connectivity index (χ2v) is 8.75. The van der Waals surface area contributed by atoms with Crippen LogP contribution in [0.5, 0.6) is 0 Å². The highest BCUT2D eigenvalue weighted by Crippen LogP contribution is 2.36. The van der Waals surface area contributed by atoms with Crippen molar-refractivity contribution in [1.82, 2.24) is 15.5 Å². The highest BCUT2D eigenvalue weighted by molar-refractivity contribution is 4.97. The summed E-state index contributed by atoms with van der Waals surface area (Å²) in [6.45, 7) is 0. The molecule has 4 N–H and O–H groups in total. The van der Waals surface area contributed by atoms with Crippen molar-refractivity contribution in [3.63, 3.8) is 0 Å². The van der Waals surface area contributed by atoms with Crippen LogP contribution in [0.4, 0.5) is 0 Å². The minimum atomic E-state index is -0.177. The van der Waals surface area contributed by atoms with Gasteiger partial charge < -0.3 is 10.2 Å². The quantitative estimate of drug-likeness (QED) is 0.613. The van der Waals surface area contributed by atoms with Crippen LogP contribution < -0.4 is 10.6 Å². The molecule has 0 aromatic heterocycles. The molecule has 0 amide bonds. The number of nitrogens with one attached hydrogen (secondary N) is 2. The molecule has 2 saturated carbocycles. The second-order valence-electron chi connectivity index (χ2n) is 8.75. The summed E-state index contributed by atoms with van der Waals surface area (Å²) in [5.41, 5.74) is 0. The minimum Gasteiger partial charge on any atom is -0.391 e. The van der Waals surface area contributed by atoms with Gasteiger partial charge in [0.2, 0.25) is 0 Å². The molecular formula is C19H35N3O2. The van der Waals surface area contributed by atoms with E-state index in [1.807, 2.05) is 0 Å². The average Bonchev–Trinajstić information content (AvgIpc) is 2.61. The summed E-state index contributed by atoms with van der Waals surface area (Å²) in [6.07, 6.45) is 11.9. The molecule has 0 spiro atoms. The number of hydrogen-bond donors (Lipinski definition) is 4. The Hall–Kier alpha value is -0.200. The first kappa shape index (κ1) is 17.2. The number of fused-ring (bicyclic) bond motifs is 2. The minimum absolute atomic E-state index is 0.177. The molecule has 2 saturated heterocycles. The van der Waals surface area contributed by atoms with Crippen molar-refractivity contribution >= 4 is 0 Å². The Balaban J connectivity index is 1.38. The molecule has 8 unspecified atom stereocenters. The first-order valence-electron chi connectivity index (χ1n) is 10.2. The molecule has 4 rings (SSSR count). The largest absolute Gasteiger partial charge is 0.391 e. The highest BCUT2D eigenvalue weighted by Gasteiger charge is 2.42. The van der Waals surface area contributed by atoms with Crippen LogP contribution in [0.2, 0.25) is 0 Å². The predicted molar refractivity (Wildman–Crippen MR) is 94.4 cm³/mol. The second kappa shape index (κ2) is 7.20. The number of nitrogens with zero attached hydrogens (tertiary/aromatic N) is 1. The van der Waals surface area contributed by atoms with Gasteiger partial charge in [-0.05, 0) is 70.3 Å². The Morgan fingerprint density at radius 1 is 0.667 bits per heavy atom. The summed E-state index contributed by atoms with van der Waals surface area (Å²) in [5, 5.41) is 28.3. The summed E-state index contributed by atoms with van der Waals surface area (Å²) in [4.78, 5) is 2.44. The number of piperidine rings is 2. The SMILES string of the molecule is CN(C1CCC2CCCC(O)C2N1)C1CCC2CCCC(O)C2N1. The summed E-state index contributed by atoms with van der Waals surface area (Å²) in [5.74, 6) is 1.31. The van der Waals surface area contributed by atoms with Gasteiger partial charge in [-0.15, -0.1) is 0 Å². The molecule has 4 fully saturated rings. The van der Waals surface area contributed by atoms with E-state index in [0.29, 0.717) is 24.2 Å². The molecule has 0 radical (unpaired) electrons. The van der Waals surface area contributed by atoms with Crippen LogP contribution in [-0.4, -0.2) is 58.8 Å². The molecular weight excluding hydrogens is 302 g/mol. The van der Waals surface area contributed by atoms with Crippen LogP contribution in [0.25, 0.3) is 0 Å². The monoisotopic (exact) mass is 337 g/mol. The number of rotatable bonds is 2. The molecule has 2 aliphatic carbocycles. The van der Waals surface area contributed by atoms with Crippen molar-refractivity contribution in [2.75, 3.05) is 7.05 Å². The maximum absolute atomic E-state index is 10.4. The van der Waals surface area contributed by atoms with E-state index in [1.54, 1.807) is 0 Å². The molecule has 4 aliphatic rings. The maximum Gasteiger partial charge on any atom is 0.0696 e. The topological polar surface area (TPSA) is 67.8 Å². The molecule has 5 nitrogen and oxygen atoms in total. The lowest BCUT2D eigenvalue weighted by Crippen LogP contribution is -2.66. The molecule has 2 aliphatic heterocycles. The van der Waals surface area contributed by atoms with E-state index in [2.05, 4.69) is 22.6 Å². The first-order valence-corrected chi connectivity index (χ1v) is 10.2. The van der Waals surface area contributed by atoms with E-state index < -0.39 is 0 Å². The van der Waals surface area contributed by atoms with Crippen LogP contribution in [0.3, 0.4) is 0 Å². The molecule has 2 heterocycles. The normalized spacial score (nSPS) is 49.5. The molecule has 0 bridgehead atoms. The van der Waals surface area contributed by atoms with Crippen LogP contribution >= 0.6 is 0 Å². The summed E-state index contributed by atoms with van der Waals surface area (Å²) < 4.78 is 0. The zero-order valence-corrected chi connectivity index (χ0v) is 15.0. The van der Waals surface area contributed by atoms with Crippen LogP contribution in [0.1, 0.15) is 64.2 Å². The summed E-state index contributed by atoms with van der Waals surface area (Å²) in [6, 6.07) is 0.549. The highest BCUT2D eigenvalue weighted by atomic mass is 16.3. The predicted octanol–water partition coefficient (Wildman–Crippen LogP) is 1.40. The van der Waals surface area contributed by atoms with Gasteiger partial charge in [0.1, 0.15) is 0 Å². The maximum atomic E-state index is 10.4. The van der Waals surface area contributed by atoms with Gasteiger partial charge in [-0.2, -0.15) is 0 Å². The lowest BCUT2D eigenvalue weighted by molar-refractivity contribution is -0.0367. The van der Waals surface area contributed by atoms with Gasteiger partial charge in [-0.25, -0.2) is 0 Å². The molecule has 5 heteroatoms. The van der Waals surface area contributed by atoms with E-state index in [9.17, 15) is 10.2 Å². The van der Waals surface area contributed by atoms with Crippen molar-refractivity contribution in [3.05, 3.63) is 0 Å². The average molecular weight is 338 g/mol. The van der Waals surface area contributed by atoms with Gasteiger partial charge in [0.05, 0.1) is 24.5 Å². The van der Waals surface area contributed by atoms with Gasteiger partial charge in [0.25, 0.3) is 0 Å². The van der Waals surface area contributed by atoms with Crippen LogP contribution in [0, 0.1) is 11.8 Å². The van der Waals surface area contributed by atoms with E-state index in [4.69, 9.17) is 0 Å². The van der Waals surface area contributed by atoms with Gasteiger partial charge >= 0.3 is 0 Å². The smallest absolute Gasteiger partial charge is 0.0696 e. The van der Waals surface area contributed by atoms with E-state index >= 15 is 0 Å². The van der Waals surface area contributed by atoms with Crippen molar-refractivity contribution in [2.45, 2.75) is 101 Å². The Morgan fingerprint density at radius 2 is 1.12 bits per heavy atom. The van der Waals surface area contributed by atoms with Crippen LogP contribution in [0.15, 0.2) is 0 Å². The number of aliphatic hydroxyl groups is 2. The van der Waals surface area contributed by atoms with Gasteiger partial charge in [0.15, 0.2) is 0 Å². The summed E-state index contributed by atoms with van der Waals surface area (Å²) in [7, 11) is 2.21. The van der Waals surface area contributed by atoms with Gasteiger partial charge in [-0.1, -0.05) is 12.8 Å². The molecule has 138 valence electrons. The standard InChI is InChI=1S/C19H35N3O2/c1-22(16-10-8-12-4-2-6-14(23)18(12)20-16)17-11-9-13-5-3-7-15(24)19(13)21-17/h12-21,23-24H,2-11H2,1H3. The first-order chi connectivity index (χ1) is 11.6. The van der Waals surface area contributed by atoms with Crippen molar-refractivity contribution in [2.24, 2.45) is 11.8 Å². The fourth-order valence-electron chi connectivity index (χ4n) is 5.88. The Labute approximate surface area is 146 Å². The molecule has 24 heavy (non-hydrogen) atoms. The van der Waals surface area contributed by atoms with Gasteiger partial charge in [0, 0.05) is 12.1 Å². The van der Waals surface area contributed by atoms with Crippen molar-refractivity contribution in [3.8, 4) is 0 Å². The zero-order chi connectivity index (χ0) is 16.7. The third kappa shape index (κ3) is 3.26.